The van der Waals surface area contributed by atoms with Gasteiger partial charge in [0.1, 0.15) is 27.5 Å². The van der Waals surface area contributed by atoms with Gasteiger partial charge in [-0.3, -0.25) is 4.68 Å². The molecule has 1 aromatic carbocycles. The molecule has 0 bridgehead atoms. The monoisotopic (exact) mass is 612 g/mol. The van der Waals surface area contributed by atoms with Gasteiger partial charge >= 0.3 is 6.18 Å². The van der Waals surface area contributed by atoms with E-state index < -0.39 is 28.0 Å². The Labute approximate surface area is 232 Å². The largest absolute Gasteiger partial charge is 0.490 e. The van der Waals surface area contributed by atoms with Crippen LogP contribution in [0.4, 0.5) is 13.2 Å². The number of hydrogen-bond donors (Lipinski definition) is 2. The Kier molecular flexibility index (Phi) is 8.97. The third-order valence-corrected chi connectivity index (χ3v) is 9.74. The summed E-state index contributed by atoms with van der Waals surface area (Å²) in [5.41, 5.74) is -0.908. The van der Waals surface area contributed by atoms with Crippen molar-refractivity contribution in [1.82, 2.24) is 19.4 Å². The number of nitrogens with one attached hydrogen (secondary N) is 1. The lowest BCUT2D eigenvalue weighted by molar-refractivity contribution is -0.143. The maximum absolute atomic E-state index is 13.0. The van der Waals surface area contributed by atoms with Crippen LogP contribution in [0.15, 0.2) is 40.6 Å². The Morgan fingerprint density at radius 3 is 2.53 bits per heavy atom. The van der Waals surface area contributed by atoms with Gasteiger partial charge in [0.15, 0.2) is 0 Å². The van der Waals surface area contributed by atoms with E-state index in [0.717, 1.165) is 30.2 Å². The highest BCUT2D eigenvalue weighted by Gasteiger charge is 2.35. The Morgan fingerprint density at radius 1 is 1.18 bits per heavy atom. The van der Waals surface area contributed by atoms with Gasteiger partial charge in [-0.2, -0.15) is 18.3 Å². The number of aromatic nitrogens is 2. The van der Waals surface area contributed by atoms with E-state index in [9.17, 15) is 26.7 Å². The average molecular weight is 614 g/mol. The molecule has 0 aliphatic carbocycles. The zero-order chi connectivity index (χ0) is 27.7. The van der Waals surface area contributed by atoms with Crippen molar-refractivity contribution < 1.29 is 31.4 Å². The van der Waals surface area contributed by atoms with E-state index in [2.05, 4.69) is 9.82 Å². The van der Waals surface area contributed by atoms with E-state index in [4.69, 9.17) is 27.9 Å². The van der Waals surface area contributed by atoms with Crippen LogP contribution in [-0.4, -0.2) is 66.6 Å². The highest BCUT2D eigenvalue weighted by Crippen LogP contribution is 2.35. The molecule has 4 rings (SSSR count). The number of likely N-dealkylation sites (tertiary alicyclic amines) is 1. The molecule has 1 aliphatic rings. The second-order valence-corrected chi connectivity index (χ2v) is 12.7. The number of β-amino-alcohol motifs (C(OH)–C–C–N with tert-alkyl or cyclic N) is 1. The number of benzene rings is 1. The summed E-state index contributed by atoms with van der Waals surface area (Å²) in [6, 6.07) is 8.67. The molecule has 0 amide bonds. The van der Waals surface area contributed by atoms with Crippen molar-refractivity contribution in [1.29, 1.82) is 0 Å². The van der Waals surface area contributed by atoms with Gasteiger partial charge in [-0.15, -0.1) is 11.3 Å². The van der Waals surface area contributed by atoms with Crippen LogP contribution in [0.2, 0.25) is 10.0 Å². The van der Waals surface area contributed by atoms with Gasteiger partial charge in [-0.05, 0) is 43.2 Å². The molecule has 2 aromatic heterocycles. The van der Waals surface area contributed by atoms with E-state index in [1.807, 2.05) is 4.90 Å². The van der Waals surface area contributed by atoms with Crippen molar-refractivity contribution in [3.05, 3.63) is 52.1 Å². The van der Waals surface area contributed by atoms with Gasteiger partial charge in [0.2, 0.25) is 10.0 Å². The van der Waals surface area contributed by atoms with Gasteiger partial charge < -0.3 is 14.7 Å². The van der Waals surface area contributed by atoms with Crippen LogP contribution in [0.5, 0.6) is 5.75 Å². The lowest BCUT2D eigenvalue weighted by Gasteiger charge is -2.33. The first kappa shape index (κ1) is 29.1. The van der Waals surface area contributed by atoms with Gasteiger partial charge in [0.25, 0.3) is 0 Å². The summed E-state index contributed by atoms with van der Waals surface area (Å²) in [7, 11) is -2.80. The number of alkyl halides is 3. The molecule has 1 saturated heterocycles. The fourth-order valence-corrected chi connectivity index (χ4v) is 6.71. The number of halogens is 5. The molecule has 8 nitrogen and oxygen atoms in total. The molecule has 2 N–H and O–H groups in total. The third-order valence-electron chi connectivity index (χ3n) is 5.98. The molecule has 0 unspecified atom stereocenters. The summed E-state index contributed by atoms with van der Waals surface area (Å²) in [5.74, 6) is 0.632. The van der Waals surface area contributed by atoms with Gasteiger partial charge in [-0.25, -0.2) is 13.1 Å². The molecule has 1 fully saturated rings. The maximum Gasteiger partial charge on any atom is 0.433 e. The van der Waals surface area contributed by atoms with Crippen molar-refractivity contribution in [2.75, 3.05) is 26.2 Å². The fourth-order valence-electron chi connectivity index (χ4n) is 4.05. The van der Waals surface area contributed by atoms with Crippen LogP contribution in [0.3, 0.4) is 0 Å². The number of aryl methyl sites for hydroxylation is 1. The second kappa shape index (κ2) is 11.7. The van der Waals surface area contributed by atoms with Crippen LogP contribution >= 0.6 is 34.5 Å². The summed E-state index contributed by atoms with van der Waals surface area (Å²) in [5, 5.41) is 15.1. The van der Waals surface area contributed by atoms with Crippen molar-refractivity contribution in [3.8, 4) is 16.3 Å². The third kappa shape index (κ3) is 7.20. The molecule has 208 valence electrons. The highest BCUT2D eigenvalue weighted by atomic mass is 35.5. The predicted octanol–water partition coefficient (Wildman–Crippen LogP) is 4.66. The lowest BCUT2D eigenvalue weighted by atomic mass is 10.1. The fraction of sp³-hybridized carbons (Fsp3) is 0.435. The molecule has 38 heavy (non-hydrogen) atoms. The van der Waals surface area contributed by atoms with E-state index in [0.29, 0.717) is 33.6 Å². The van der Waals surface area contributed by atoms with Gasteiger partial charge in [0.05, 0.1) is 21.0 Å². The minimum atomic E-state index is -4.57. The second-order valence-electron chi connectivity index (χ2n) is 8.85. The summed E-state index contributed by atoms with van der Waals surface area (Å²) in [4.78, 5) is 2.30. The van der Waals surface area contributed by atoms with Crippen molar-refractivity contribution in [3.63, 3.8) is 0 Å². The van der Waals surface area contributed by atoms with Crippen molar-refractivity contribution in [2.45, 2.75) is 35.4 Å². The minimum Gasteiger partial charge on any atom is -0.490 e. The number of ether oxygens (including phenoxy) is 1. The van der Waals surface area contributed by atoms with Crippen LogP contribution in [0, 0.1) is 0 Å². The number of hydrogen-bond acceptors (Lipinski definition) is 7. The lowest BCUT2D eigenvalue weighted by Crippen LogP contribution is -2.44. The van der Waals surface area contributed by atoms with Crippen LogP contribution in [0.1, 0.15) is 18.5 Å². The predicted molar refractivity (Wildman–Crippen MR) is 139 cm³/mol. The number of sulfonamides is 1. The first-order valence-corrected chi connectivity index (χ1v) is 14.6. The standard InChI is InChI=1S/C23H25Cl2F3N4O4S2/c1-31-21(23(26,27)28)11-19(30-31)20-4-5-22(37-20)38(34,35)29-12-14(33)13-32-8-6-15(7-9-32)36-16-2-3-17(24)18(25)10-16/h2-5,10-11,14-15,29,33H,6-9,12-13H2,1H3/t14-/m1/s1. The number of aliphatic hydroxyl groups excluding tert-OH is 1. The number of nitrogens with zero attached hydrogens (tertiary/aromatic N) is 3. The molecule has 0 spiro atoms. The number of piperidine rings is 1. The van der Waals surface area contributed by atoms with E-state index in [1.54, 1.807) is 18.2 Å². The first-order chi connectivity index (χ1) is 17.8. The van der Waals surface area contributed by atoms with E-state index in [-0.39, 0.29) is 34.0 Å². The number of rotatable bonds is 9. The molecule has 0 saturated carbocycles. The average Bonchev–Trinajstić information content (AvgIpc) is 3.49. The molecule has 1 atom stereocenters. The van der Waals surface area contributed by atoms with E-state index >= 15 is 0 Å². The highest BCUT2D eigenvalue weighted by molar-refractivity contribution is 7.91. The molecular formula is C23H25Cl2F3N4O4S2. The first-order valence-electron chi connectivity index (χ1n) is 11.5. The topological polar surface area (TPSA) is 96.7 Å². The van der Waals surface area contributed by atoms with Gasteiger partial charge in [-0.1, -0.05) is 23.2 Å². The summed E-state index contributed by atoms with van der Waals surface area (Å²) >= 11 is 12.8. The minimum absolute atomic E-state index is 0.0153. The number of thiophene rings is 1. The Balaban J connectivity index is 1.26. The van der Waals surface area contributed by atoms with Crippen LogP contribution in [0.25, 0.3) is 10.6 Å². The molecule has 1 aliphatic heterocycles. The molecule has 3 aromatic rings. The van der Waals surface area contributed by atoms with Crippen LogP contribution < -0.4 is 9.46 Å². The van der Waals surface area contributed by atoms with Crippen molar-refractivity contribution in [2.24, 2.45) is 7.05 Å². The summed E-state index contributed by atoms with van der Waals surface area (Å²) in [6.45, 7) is 1.38. The molecular weight excluding hydrogens is 588 g/mol. The summed E-state index contributed by atoms with van der Waals surface area (Å²) in [6.07, 6.45) is -4.10. The van der Waals surface area contributed by atoms with Crippen molar-refractivity contribution >= 4 is 44.6 Å². The zero-order valence-electron chi connectivity index (χ0n) is 20.1. The quantitative estimate of drug-likeness (QED) is 0.365. The Bertz CT molecular complexity index is 1370. The SMILES string of the molecule is Cn1nc(-c2ccc(S(=O)(=O)NC[C@@H](O)CN3CCC(Oc4ccc(Cl)c(Cl)c4)CC3)s2)cc1C(F)(F)F. The normalized spacial score (nSPS) is 16.6. The maximum atomic E-state index is 13.0. The van der Waals surface area contributed by atoms with E-state index in [1.165, 1.54) is 19.2 Å². The Morgan fingerprint density at radius 2 is 1.89 bits per heavy atom. The molecule has 15 heteroatoms. The molecule has 3 heterocycles. The Hall–Kier alpha value is -1.87. The smallest absolute Gasteiger partial charge is 0.433 e. The zero-order valence-corrected chi connectivity index (χ0v) is 23.2. The number of aliphatic hydroxyl groups is 1. The summed E-state index contributed by atoms with van der Waals surface area (Å²) < 4.78 is 73.5. The molecule has 0 radical (unpaired) electrons. The van der Waals surface area contributed by atoms with Gasteiger partial charge in [0, 0.05) is 39.3 Å². The van der Waals surface area contributed by atoms with Crippen LogP contribution in [-0.2, 0) is 23.2 Å².